The molecule has 0 aliphatic rings. The Kier molecular flexibility index (Phi) is 5.16. The van der Waals surface area contributed by atoms with Crippen molar-refractivity contribution in [1.29, 1.82) is 0 Å². The Morgan fingerprint density at radius 2 is 2.17 bits per heavy atom. The zero-order valence-electron chi connectivity index (χ0n) is 11.4. The maximum Gasteiger partial charge on any atom is 0.227 e. The van der Waals surface area contributed by atoms with Crippen LogP contribution >= 0.6 is 11.8 Å². The minimum atomic E-state index is -0.320. The van der Waals surface area contributed by atoms with Crippen molar-refractivity contribution in [3.8, 4) is 0 Å². The van der Waals surface area contributed by atoms with Gasteiger partial charge in [0, 0.05) is 18.3 Å². The molecule has 18 heavy (non-hydrogen) atoms. The zero-order valence-corrected chi connectivity index (χ0v) is 12.2. The van der Waals surface area contributed by atoms with E-state index in [-0.39, 0.29) is 17.2 Å². The molecule has 0 fully saturated rings. The Balaban J connectivity index is 2.64. The van der Waals surface area contributed by atoms with E-state index in [0.29, 0.717) is 0 Å². The van der Waals surface area contributed by atoms with Crippen LogP contribution in [0.1, 0.15) is 31.9 Å². The molecule has 0 spiro atoms. The molecule has 5 heteroatoms. The van der Waals surface area contributed by atoms with Crippen LogP contribution in [-0.4, -0.2) is 22.2 Å². The average Bonchev–Trinajstić information content (AvgIpc) is 2.24. The van der Waals surface area contributed by atoms with Crippen molar-refractivity contribution in [1.82, 2.24) is 10.3 Å². The third-order valence-corrected chi connectivity index (χ3v) is 3.39. The summed E-state index contributed by atoms with van der Waals surface area (Å²) >= 11 is 1.38. The standard InChI is InChI=1S/C13H21N3OS/c1-9-5-10(7-16-13(2,3)4)6-15-12(9)18-8-11(14)17/h5-6,16H,7-8H2,1-4H3,(H2,14,17). The van der Waals surface area contributed by atoms with E-state index in [1.54, 1.807) is 0 Å². The van der Waals surface area contributed by atoms with Crippen LogP contribution in [0.25, 0.3) is 0 Å². The Hall–Kier alpha value is -1.07. The van der Waals surface area contributed by atoms with Gasteiger partial charge in [0.2, 0.25) is 5.91 Å². The second kappa shape index (κ2) is 6.20. The van der Waals surface area contributed by atoms with Crippen molar-refractivity contribution in [3.05, 3.63) is 23.4 Å². The molecule has 0 unspecified atom stereocenters. The molecule has 0 saturated heterocycles. The third kappa shape index (κ3) is 5.51. The molecule has 1 heterocycles. The van der Waals surface area contributed by atoms with Gasteiger partial charge in [0.05, 0.1) is 10.8 Å². The van der Waals surface area contributed by atoms with Gasteiger partial charge in [-0.3, -0.25) is 4.79 Å². The minimum Gasteiger partial charge on any atom is -0.369 e. The van der Waals surface area contributed by atoms with Crippen LogP contribution in [-0.2, 0) is 11.3 Å². The van der Waals surface area contributed by atoms with Crippen LogP contribution < -0.4 is 11.1 Å². The molecule has 0 aliphatic heterocycles. The van der Waals surface area contributed by atoms with E-state index in [2.05, 4.69) is 37.1 Å². The van der Waals surface area contributed by atoms with Gasteiger partial charge in [0.1, 0.15) is 0 Å². The number of nitrogens with two attached hydrogens (primary N) is 1. The van der Waals surface area contributed by atoms with Crippen LogP contribution in [0.15, 0.2) is 17.3 Å². The second-order valence-electron chi connectivity index (χ2n) is 5.32. The molecule has 1 amide bonds. The van der Waals surface area contributed by atoms with Crippen LogP contribution in [0.4, 0.5) is 0 Å². The first-order valence-electron chi connectivity index (χ1n) is 5.89. The molecular weight excluding hydrogens is 246 g/mol. The van der Waals surface area contributed by atoms with Gasteiger partial charge in [0.15, 0.2) is 0 Å². The van der Waals surface area contributed by atoms with Crippen LogP contribution in [0.2, 0.25) is 0 Å². The fourth-order valence-corrected chi connectivity index (χ4v) is 2.07. The van der Waals surface area contributed by atoms with Gasteiger partial charge < -0.3 is 11.1 Å². The number of aryl methyl sites for hydroxylation is 1. The van der Waals surface area contributed by atoms with Gasteiger partial charge >= 0.3 is 0 Å². The molecule has 1 aromatic rings. The second-order valence-corrected chi connectivity index (χ2v) is 6.29. The smallest absolute Gasteiger partial charge is 0.227 e. The Bertz CT molecular complexity index is 427. The average molecular weight is 267 g/mol. The lowest BCUT2D eigenvalue weighted by Gasteiger charge is -2.20. The molecule has 0 radical (unpaired) electrons. The fraction of sp³-hybridized carbons (Fsp3) is 0.538. The molecule has 3 N–H and O–H groups in total. The van der Waals surface area contributed by atoms with Crippen molar-refractivity contribution in [2.45, 2.75) is 44.8 Å². The van der Waals surface area contributed by atoms with E-state index in [0.717, 1.165) is 22.7 Å². The van der Waals surface area contributed by atoms with E-state index < -0.39 is 0 Å². The number of amides is 1. The molecule has 0 aromatic carbocycles. The Morgan fingerprint density at radius 1 is 1.50 bits per heavy atom. The highest BCUT2D eigenvalue weighted by atomic mass is 32.2. The monoisotopic (exact) mass is 267 g/mol. The molecule has 4 nitrogen and oxygen atoms in total. The molecule has 0 saturated carbocycles. The lowest BCUT2D eigenvalue weighted by atomic mass is 10.1. The summed E-state index contributed by atoms with van der Waals surface area (Å²) in [6.07, 6.45) is 1.84. The number of rotatable bonds is 5. The summed E-state index contributed by atoms with van der Waals surface area (Å²) in [5.41, 5.74) is 7.43. The van der Waals surface area contributed by atoms with E-state index in [4.69, 9.17) is 5.73 Å². The minimum absolute atomic E-state index is 0.0906. The van der Waals surface area contributed by atoms with E-state index in [1.165, 1.54) is 11.8 Å². The number of nitrogens with one attached hydrogen (secondary N) is 1. The molecule has 1 aromatic heterocycles. The number of nitrogens with zero attached hydrogens (tertiary/aromatic N) is 1. The predicted molar refractivity (Wildman–Crippen MR) is 75.5 cm³/mol. The number of carbonyl (C=O) groups excluding carboxylic acids is 1. The number of primary amides is 1. The molecule has 1 rings (SSSR count). The van der Waals surface area contributed by atoms with Gasteiger partial charge in [-0.1, -0.05) is 17.8 Å². The summed E-state index contributed by atoms with van der Waals surface area (Å²) in [4.78, 5) is 15.1. The number of pyridine rings is 1. The maximum absolute atomic E-state index is 10.7. The normalized spacial score (nSPS) is 11.6. The lowest BCUT2D eigenvalue weighted by molar-refractivity contribution is -0.115. The summed E-state index contributed by atoms with van der Waals surface area (Å²) in [6, 6.07) is 2.09. The fourth-order valence-electron chi connectivity index (χ4n) is 1.37. The van der Waals surface area contributed by atoms with Crippen molar-refractivity contribution in [2.24, 2.45) is 5.73 Å². The largest absolute Gasteiger partial charge is 0.369 e. The van der Waals surface area contributed by atoms with Crippen molar-refractivity contribution < 1.29 is 4.79 Å². The van der Waals surface area contributed by atoms with Crippen molar-refractivity contribution in [2.75, 3.05) is 5.75 Å². The van der Waals surface area contributed by atoms with Crippen molar-refractivity contribution >= 4 is 17.7 Å². The molecule has 100 valence electrons. The molecule has 0 bridgehead atoms. The highest BCUT2D eigenvalue weighted by molar-refractivity contribution is 7.99. The van der Waals surface area contributed by atoms with Gasteiger partial charge in [-0.05, 0) is 38.8 Å². The molecule has 0 aliphatic carbocycles. The quantitative estimate of drug-likeness (QED) is 0.799. The van der Waals surface area contributed by atoms with Gasteiger partial charge in [-0.15, -0.1) is 0 Å². The number of hydrogen-bond donors (Lipinski definition) is 2. The zero-order chi connectivity index (χ0) is 13.8. The number of hydrogen-bond acceptors (Lipinski definition) is 4. The SMILES string of the molecule is Cc1cc(CNC(C)(C)C)cnc1SCC(N)=O. The number of thioether (sulfide) groups is 1. The summed E-state index contributed by atoms with van der Waals surface area (Å²) in [7, 11) is 0. The number of aromatic nitrogens is 1. The Labute approximate surface area is 113 Å². The van der Waals surface area contributed by atoms with Crippen LogP contribution in [0.3, 0.4) is 0 Å². The first kappa shape index (κ1) is 15.0. The summed E-state index contributed by atoms with van der Waals surface area (Å²) in [5, 5.41) is 4.28. The summed E-state index contributed by atoms with van der Waals surface area (Å²) in [6.45, 7) is 9.17. The summed E-state index contributed by atoms with van der Waals surface area (Å²) in [5.74, 6) is -0.0485. The van der Waals surface area contributed by atoms with Crippen LogP contribution in [0.5, 0.6) is 0 Å². The van der Waals surface area contributed by atoms with Crippen molar-refractivity contribution in [3.63, 3.8) is 0 Å². The van der Waals surface area contributed by atoms with E-state index in [9.17, 15) is 4.79 Å². The highest BCUT2D eigenvalue weighted by Gasteiger charge is 2.09. The summed E-state index contributed by atoms with van der Waals surface area (Å²) < 4.78 is 0. The first-order valence-corrected chi connectivity index (χ1v) is 6.88. The van der Waals surface area contributed by atoms with E-state index in [1.807, 2.05) is 13.1 Å². The van der Waals surface area contributed by atoms with Crippen LogP contribution in [0, 0.1) is 6.92 Å². The topological polar surface area (TPSA) is 68.0 Å². The highest BCUT2D eigenvalue weighted by Crippen LogP contribution is 2.20. The van der Waals surface area contributed by atoms with Gasteiger partial charge in [-0.25, -0.2) is 4.98 Å². The van der Waals surface area contributed by atoms with E-state index >= 15 is 0 Å². The first-order chi connectivity index (χ1) is 8.28. The third-order valence-electron chi connectivity index (χ3n) is 2.26. The Morgan fingerprint density at radius 3 is 2.67 bits per heavy atom. The van der Waals surface area contributed by atoms with Gasteiger partial charge in [0.25, 0.3) is 0 Å². The van der Waals surface area contributed by atoms with Gasteiger partial charge in [-0.2, -0.15) is 0 Å². The number of carbonyl (C=O) groups is 1. The predicted octanol–water partition coefficient (Wildman–Crippen LogP) is 1.86. The molecular formula is C13H21N3OS. The molecule has 0 atom stereocenters. The lowest BCUT2D eigenvalue weighted by Crippen LogP contribution is -2.35. The maximum atomic E-state index is 10.7.